The van der Waals surface area contributed by atoms with Crippen LogP contribution >= 0.6 is 11.6 Å². The summed E-state index contributed by atoms with van der Waals surface area (Å²) in [4.78, 5) is 11.6. The van der Waals surface area contributed by atoms with Crippen molar-refractivity contribution in [3.8, 4) is 5.75 Å². The highest BCUT2D eigenvalue weighted by Crippen LogP contribution is 2.17. The molecule has 7 heteroatoms. The monoisotopic (exact) mass is 353 g/mol. The molecule has 0 fully saturated rings. The molecule has 0 bridgehead atoms. The summed E-state index contributed by atoms with van der Waals surface area (Å²) in [6, 6.07) is 14.3. The van der Waals surface area contributed by atoms with Crippen LogP contribution in [0.5, 0.6) is 5.75 Å². The molecule has 1 N–H and O–H groups in total. The number of ether oxygens (including phenoxy) is 1. The van der Waals surface area contributed by atoms with E-state index in [1.54, 1.807) is 30.3 Å². The zero-order valence-electron chi connectivity index (χ0n) is 12.5. The van der Waals surface area contributed by atoms with Crippen molar-refractivity contribution in [1.29, 1.82) is 0 Å². The van der Waals surface area contributed by atoms with Crippen LogP contribution in [0.2, 0.25) is 5.02 Å². The van der Waals surface area contributed by atoms with E-state index in [1.165, 1.54) is 0 Å². The molecule has 0 aliphatic rings. The van der Waals surface area contributed by atoms with Gasteiger partial charge in [0.05, 0.1) is 12.7 Å². The predicted molar refractivity (Wildman–Crippen MR) is 88.9 cm³/mol. The standard InChI is InChI=1S/C16H16ClNO4S/c1-23(20,21)18-16(19)10-12-4-3-7-15(9-12)22-11-13-5-2-6-14(17)8-13/h2-9H,10-11H2,1H3,(H,18,19). The first-order valence-electron chi connectivity index (χ1n) is 6.79. The van der Waals surface area contributed by atoms with Crippen LogP contribution in [-0.2, 0) is 27.8 Å². The Morgan fingerprint density at radius 1 is 1.13 bits per heavy atom. The molecule has 0 heterocycles. The third-order valence-corrected chi connectivity index (χ3v) is 3.69. The topological polar surface area (TPSA) is 72.5 Å². The van der Waals surface area contributed by atoms with Gasteiger partial charge in [-0.05, 0) is 35.4 Å². The maximum atomic E-state index is 11.6. The number of carbonyl (C=O) groups is 1. The molecular weight excluding hydrogens is 338 g/mol. The quantitative estimate of drug-likeness (QED) is 0.866. The van der Waals surface area contributed by atoms with E-state index in [-0.39, 0.29) is 6.42 Å². The molecule has 0 atom stereocenters. The van der Waals surface area contributed by atoms with Gasteiger partial charge >= 0.3 is 0 Å². The van der Waals surface area contributed by atoms with Crippen LogP contribution in [-0.4, -0.2) is 20.6 Å². The SMILES string of the molecule is CS(=O)(=O)NC(=O)Cc1cccc(OCc2cccc(Cl)c2)c1. The van der Waals surface area contributed by atoms with Crippen LogP contribution in [0.3, 0.4) is 0 Å². The van der Waals surface area contributed by atoms with E-state index >= 15 is 0 Å². The first-order chi connectivity index (χ1) is 10.8. The van der Waals surface area contributed by atoms with Gasteiger partial charge in [-0.15, -0.1) is 0 Å². The lowest BCUT2D eigenvalue weighted by molar-refractivity contribution is -0.118. The van der Waals surface area contributed by atoms with Crippen LogP contribution in [0.15, 0.2) is 48.5 Å². The van der Waals surface area contributed by atoms with Crippen LogP contribution in [0.25, 0.3) is 0 Å². The molecule has 0 aliphatic carbocycles. The van der Waals surface area contributed by atoms with Gasteiger partial charge in [-0.25, -0.2) is 8.42 Å². The first kappa shape index (κ1) is 17.3. The minimum Gasteiger partial charge on any atom is -0.489 e. The van der Waals surface area contributed by atoms with Crippen molar-refractivity contribution in [2.45, 2.75) is 13.0 Å². The van der Waals surface area contributed by atoms with Gasteiger partial charge < -0.3 is 4.74 Å². The van der Waals surface area contributed by atoms with Gasteiger partial charge in [0, 0.05) is 5.02 Å². The zero-order chi connectivity index (χ0) is 16.9. The fraction of sp³-hybridized carbons (Fsp3) is 0.188. The van der Waals surface area contributed by atoms with Crippen molar-refractivity contribution >= 4 is 27.5 Å². The average molecular weight is 354 g/mol. The number of hydrogen-bond donors (Lipinski definition) is 1. The van der Waals surface area contributed by atoms with Crippen molar-refractivity contribution in [3.63, 3.8) is 0 Å². The van der Waals surface area contributed by atoms with Gasteiger partial charge in [-0.2, -0.15) is 0 Å². The second kappa shape index (κ2) is 7.48. The highest BCUT2D eigenvalue weighted by Gasteiger charge is 2.09. The molecule has 2 aromatic rings. The van der Waals surface area contributed by atoms with E-state index in [0.717, 1.165) is 11.8 Å². The lowest BCUT2D eigenvalue weighted by Gasteiger charge is -2.08. The number of nitrogens with one attached hydrogen (secondary N) is 1. The normalized spacial score (nSPS) is 11.0. The Morgan fingerprint density at radius 2 is 1.83 bits per heavy atom. The molecule has 1 amide bonds. The van der Waals surface area contributed by atoms with Gasteiger partial charge in [0.2, 0.25) is 15.9 Å². The smallest absolute Gasteiger partial charge is 0.237 e. The van der Waals surface area contributed by atoms with E-state index in [1.807, 2.05) is 22.9 Å². The lowest BCUT2D eigenvalue weighted by Crippen LogP contribution is -2.30. The van der Waals surface area contributed by atoms with E-state index in [9.17, 15) is 13.2 Å². The summed E-state index contributed by atoms with van der Waals surface area (Å²) >= 11 is 5.91. The first-order valence-corrected chi connectivity index (χ1v) is 9.05. The van der Waals surface area contributed by atoms with Gasteiger partial charge in [0.25, 0.3) is 0 Å². The number of carbonyl (C=O) groups excluding carboxylic acids is 1. The minimum atomic E-state index is -3.55. The molecule has 0 aliphatic heterocycles. The predicted octanol–water partition coefficient (Wildman–Crippen LogP) is 2.54. The number of benzene rings is 2. The van der Waals surface area contributed by atoms with Crippen molar-refractivity contribution in [3.05, 3.63) is 64.7 Å². The summed E-state index contributed by atoms with van der Waals surface area (Å²) in [5, 5.41) is 0.636. The van der Waals surface area contributed by atoms with Crippen molar-refractivity contribution < 1.29 is 17.9 Å². The fourth-order valence-corrected chi connectivity index (χ4v) is 2.67. The molecule has 0 unspecified atom stereocenters. The fourth-order valence-electron chi connectivity index (χ4n) is 1.97. The van der Waals surface area contributed by atoms with Crippen molar-refractivity contribution in [2.24, 2.45) is 0 Å². The Kier molecular flexibility index (Phi) is 5.63. The van der Waals surface area contributed by atoms with Crippen LogP contribution in [0.1, 0.15) is 11.1 Å². The summed E-state index contributed by atoms with van der Waals surface area (Å²) in [6.45, 7) is 0.347. The van der Waals surface area contributed by atoms with Gasteiger partial charge in [-0.1, -0.05) is 35.9 Å². The lowest BCUT2D eigenvalue weighted by atomic mass is 10.1. The molecule has 23 heavy (non-hydrogen) atoms. The molecular formula is C16H16ClNO4S. The maximum absolute atomic E-state index is 11.6. The minimum absolute atomic E-state index is 0.0402. The molecule has 0 saturated carbocycles. The molecule has 5 nitrogen and oxygen atoms in total. The number of hydrogen-bond acceptors (Lipinski definition) is 4. The Labute approximate surface area is 140 Å². The summed E-state index contributed by atoms with van der Waals surface area (Å²) in [7, 11) is -3.55. The highest BCUT2D eigenvalue weighted by atomic mass is 35.5. The summed E-state index contributed by atoms with van der Waals surface area (Å²) in [6.07, 6.45) is 0.900. The second-order valence-corrected chi connectivity index (χ2v) is 7.23. The van der Waals surface area contributed by atoms with Crippen LogP contribution < -0.4 is 9.46 Å². The maximum Gasteiger partial charge on any atom is 0.237 e. The Balaban J connectivity index is 1.98. The zero-order valence-corrected chi connectivity index (χ0v) is 14.0. The van der Waals surface area contributed by atoms with Gasteiger partial charge in [-0.3, -0.25) is 9.52 Å². The molecule has 2 aromatic carbocycles. The number of sulfonamides is 1. The van der Waals surface area contributed by atoms with E-state index in [4.69, 9.17) is 16.3 Å². The summed E-state index contributed by atoms with van der Waals surface area (Å²) in [5.41, 5.74) is 1.59. The van der Waals surface area contributed by atoms with E-state index in [2.05, 4.69) is 0 Å². The van der Waals surface area contributed by atoms with Crippen molar-refractivity contribution in [2.75, 3.05) is 6.26 Å². The van der Waals surface area contributed by atoms with Crippen LogP contribution in [0.4, 0.5) is 0 Å². The van der Waals surface area contributed by atoms with Crippen molar-refractivity contribution in [1.82, 2.24) is 4.72 Å². The van der Waals surface area contributed by atoms with Gasteiger partial charge in [0.1, 0.15) is 12.4 Å². The van der Waals surface area contributed by atoms with E-state index < -0.39 is 15.9 Å². The summed E-state index contributed by atoms with van der Waals surface area (Å²) in [5.74, 6) is 0.00845. The molecule has 0 aromatic heterocycles. The molecule has 0 spiro atoms. The largest absolute Gasteiger partial charge is 0.489 e. The van der Waals surface area contributed by atoms with Gasteiger partial charge in [0.15, 0.2) is 0 Å². The van der Waals surface area contributed by atoms with Crippen LogP contribution in [0, 0.1) is 0 Å². The molecule has 122 valence electrons. The highest BCUT2D eigenvalue weighted by molar-refractivity contribution is 7.89. The second-order valence-electron chi connectivity index (χ2n) is 5.04. The Bertz CT molecular complexity index is 805. The third-order valence-electron chi connectivity index (χ3n) is 2.86. The Morgan fingerprint density at radius 3 is 2.52 bits per heavy atom. The summed E-state index contributed by atoms with van der Waals surface area (Å²) < 4.78 is 29.6. The molecule has 2 rings (SSSR count). The molecule has 0 radical (unpaired) electrons. The average Bonchev–Trinajstić information content (AvgIpc) is 2.43. The number of amides is 1. The molecule has 0 saturated heterocycles. The Hall–Kier alpha value is -2.05. The third kappa shape index (κ3) is 6.30. The number of rotatable bonds is 6. The van der Waals surface area contributed by atoms with E-state index in [0.29, 0.717) is 22.9 Å². The number of halogens is 1.